The minimum absolute atomic E-state index is 0.00266. The average Bonchev–Trinajstić information content (AvgIpc) is 2.75. The molecule has 0 spiro atoms. The van der Waals surface area contributed by atoms with Crippen LogP contribution in [-0.4, -0.2) is 42.8 Å². The highest BCUT2D eigenvalue weighted by Crippen LogP contribution is 2.40. The van der Waals surface area contributed by atoms with Crippen LogP contribution in [0.15, 0.2) is 0 Å². The second-order valence-corrected chi connectivity index (χ2v) is 5.82. The Labute approximate surface area is 101 Å². The van der Waals surface area contributed by atoms with E-state index in [1.807, 2.05) is 27.7 Å². The van der Waals surface area contributed by atoms with Crippen molar-refractivity contribution in [1.29, 1.82) is 0 Å². The number of hydrogen-bond donors (Lipinski definition) is 0. The van der Waals surface area contributed by atoms with E-state index in [-0.39, 0.29) is 24.6 Å². The highest BCUT2D eigenvalue weighted by Gasteiger charge is 2.52. The number of hydrogen-bond acceptors (Lipinski definition) is 5. The van der Waals surface area contributed by atoms with E-state index in [1.54, 1.807) is 0 Å². The molecule has 0 bridgehead atoms. The lowest BCUT2D eigenvalue weighted by Crippen LogP contribution is -2.33. The maximum atomic E-state index is 5.85. The van der Waals surface area contributed by atoms with Crippen LogP contribution < -0.4 is 0 Å². The summed E-state index contributed by atoms with van der Waals surface area (Å²) in [5.74, 6) is -1.04. The highest BCUT2D eigenvalue weighted by molar-refractivity contribution is 4.90. The predicted octanol–water partition coefficient (Wildman–Crippen LogP) is 1.40. The van der Waals surface area contributed by atoms with Gasteiger partial charge in [0.25, 0.3) is 0 Å². The fraction of sp³-hybridized carbons (Fsp3) is 1.00. The largest absolute Gasteiger partial charge is 0.348 e. The first kappa shape index (κ1) is 11.9. The maximum Gasteiger partial charge on any atom is 0.187 e. The van der Waals surface area contributed by atoms with E-state index in [0.717, 1.165) is 6.42 Å². The van der Waals surface area contributed by atoms with E-state index in [4.69, 9.17) is 23.7 Å². The van der Waals surface area contributed by atoms with E-state index >= 15 is 0 Å². The zero-order chi connectivity index (χ0) is 12.3. The van der Waals surface area contributed by atoms with E-state index in [1.165, 1.54) is 0 Å². The normalized spacial score (nSPS) is 47.3. The molecule has 98 valence electrons. The van der Waals surface area contributed by atoms with Crippen LogP contribution in [0, 0.1) is 0 Å². The lowest BCUT2D eigenvalue weighted by Gasteiger charge is -2.23. The SMILES string of the molecule is CC1(C)O[C@H]2O[C@@H]([C@H]3COC(C)(C)O3)C[C@H]2O1. The van der Waals surface area contributed by atoms with Gasteiger partial charge in [-0.15, -0.1) is 0 Å². The first-order chi connectivity index (χ1) is 7.85. The smallest absolute Gasteiger partial charge is 0.187 e. The molecular weight excluding hydrogens is 224 g/mol. The van der Waals surface area contributed by atoms with Crippen molar-refractivity contribution in [2.75, 3.05) is 6.61 Å². The summed E-state index contributed by atoms with van der Waals surface area (Å²) in [7, 11) is 0. The summed E-state index contributed by atoms with van der Waals surface area (Å²) >= 11 is 0. The van der Waals surface area contributed by atoms with Crippen molar-refractivity contribution in [2.24, 2.45) is 0 Å². The minimum atomic E-state index is -0.535. The summed E-state index contributed by atoms with van der Waals surface area (Å²) in [5.41, 5.74) is 0. The first-order valence-electron chi connectivity index (χ1n) is 6.18. The summed E-state index contributed by atoms with van der Waals surface area (Å²) in [5, 5.41) is 0. The highest BCUT2D eigenvalue weighted by atomic mass is 16.8. The van der Waals surface area contributed by atoms with Gasteiger partial charge in [-0.2, -0.15) is 0 Å². The fourth-order valence-electron chi connectivity index (χ4n) is 2.67. The quantitative estimate of drug-likeness (QED) is 0.697. The van der Waals surface area contributed by atoms with E-state index in [2.05, 4.69) is 0 Å². The molecule has 17 heavy (non-hydrogen) atoms. The molecule has 3 saturated heterocycles. The number of fused-ring (bicyclic) bond motifs is 1. The summed E-state index contributed by atoms with van der Waals surface area (Å²) in [6, 6.07) is 0. The van der Waals surface area contributed by atoms with Gasteiger partial charge in [-0.05, 0) is 27.7 Å². The monoisotopic (exact) mass is 244 g/mol. The Balaban J connectivity index is 1.60. The lowest BCUT2D eigenvalue weighted by molar-refractivity contribution is -0.220. The Kier molecular flexibility index (Phi) is 2.55. The Morgan fingerprint density at radius 3 is 2.12 bits per heavy atom. The molecule has 0 N–H and O–H groups in total. The zero-order valence-corrected chi connectivity index (χ0v) is 10.8. The predicted molar refractivity (Wildman–Crippen MR) is 58.2 cm³/mol. The lowest BCUT2D eigenvalue weighted by atomic mass is 10.1. The molecule has 0 radical (unpaired) electrons. The molecule has 3 fully saturated rings. The second kappa shape index (κ2) is 3.65. The van der Waals surface area contributed by atoms with Crippen LogP contribution in [0.1, 0.15) is 34.1 Å². The van der Waals surface area contributed by atoms with Crippen LogP contribution in [0.4, 0.5) is 0 Å². The summed E-state index contributed by atoms with van der Waals surface area (Å²) in [6.07, 6.45) is 0.538. The van der Waals surface area contributed by atoms with Gasteiger partial charge in [0.2, 0.25) is 0 Å². The van der Waals surface area contributed by atoms with Crippen molar-refractivity contribution in [1.82, 2.24) is 0 Å². The van der Waals surface area contributed by atoms with Crippen molar-refractivity contribution in [2.45, 2.75) is 70.3 Å². The molecule has 0 saturated carbocycles. The molecule has 3 heterocycles. The third-order valence-corrected chi connectivity index (χ3v) is 3.36. The Hall–Kier alpha value is -0.200. The van der Waals surface area contributed by atoms with Crippen molar-refractivity contribution < 1.29 is 23.7 Å². The third kappa shape index (κ3) is 2.22. The van der Waals surface area contributed by atoms with Crippen LogP contribution in [0.2, 0.25) is 0 Å². The molecule has 0 amide bonds. The van der Waals surface area contributed by atoms with Gasteiger partial charge in [-0.1, -0.05) is 0 Å². The zero-order valence-electron chi connectivity index (χ0n) is 10.8. The standard InChI is InChI=1S/C12H20O5/c1-11(2)13-6-9(16-11)7-5-8-10(14-7)17-12(3,4)15-8/h7-10H,5-6H2,1-4H3/t7-,8-,9-,10-/m1/s1. The second-order valence-electron chi connectivity index (χ2n) is 5.82. The molecule has 0 unspecified atom stereocenters. The van der Waals surface area contributed by atoms with Gasteiger partial charge in [0.1, 0.15) is 12.2 Å². The Morgan fingerprint density at radius 2 is 1.53 bits per heavy atom. The molecule has 3 rings (SSSR count). The van der Waals surface area contributed by atoms with Gasteiger partial charge in [0, 0.05) is 6.42 Å². The molecule has 5 nitrogen and oxygen atoms in total. The maximum absolute atomic E-state index is 5.85. The summed E-state index contributed by atoms with van der Waals surface area (Å²) < 4.78 is 28.6. The van der Waals surface area contributed by atoms with Gasteiger partial charge in [-0.25, -0.2) is 0 Å². The molecule has 5 heteroatoms. The molecule has 0 aliphatic carbocycles. The van der Waals surface area contributed by atoms with Gasteiger partial charge >= 0.3 is 0 Å². The number of ether oxygens (including phenoxy) is 5. The van der Waals surface area contributed by atoms with Crippen LogP contribution in [0.3, 0.4) is 0 Å². The fourth-order valence-corrected chi connectivity index (χ4v) is 2.67. The Morgan fingerprint density at radius 1 is 0.824 bits per heavy atom. The van der Waals surface area contributed by atoms with E-state index < -0.39 is 11.6 Å². The summed E-state index contributed by atoms with van der Waals surface area (Å²) in [4.78, 5) is 0. The third-order valence-electron chi connectivity index (χ3n) is 3.36. The van der Waals surface area contributed by atoms with Crippen LogP contribution in [-0.2, 0) is 23.7 Å². The van der Waals surface area contributed by atoms with Gasteiger partial charge in [0.15, 0.2) is 17.9 Å². The Bertz CT molecular complexity index is 298. The van der Waals surface area contributed by atoms with Crippen LogP contribution >= 0.6 is 0 Å². The molecule has 3 aliphatic heterocycles. The van der Waals surface area contributed by atoms with E-state index in [9.17, 15) is 0 Å². The molecular formula is C12H20O5. The number of rotatable bonds is 1. The van der Waals surface area contributed by atoms with Crippen molar-refractivity contribution >= 4 is 0 Å². The molecule has 4 atom stereocenters. The summed E-state index contributed by atoms with van der Waals surface area (Å²) in [6.45, 7) is 8.21. The van der Waals surface area contributed by atoms with Crippen LogP contribution in [0.25, 0.3) is 0 Å². The van der Waals surface area contributed by atoms with Gasteiger partial charge in [-0.3, -0.25) is 0 Å². The van der Waals surface area contributed by atoms with Crippen molar-refractivity contribution in [3.63, 3.8) is 0 Å². The topological polar surface area (TPSA) is 46.2 Å². The average molecular weight is 244 g/mol. The molecule has 0 aromatic heterocycles. The molecule has 3 aliphatic rings. The van der Waals surface area contributed by atoms with Crippen LogP contribution in [0.5, 0.6) is 0 Å². The van der Waals surface area contributed by atoms with E-state index in [0.29, 0.717) is 6.61 Å². The van der Waals surface area contributed by atoms with Gasteiger partial charge in [0.05, 0.1) is 12.7 Å². The molecule has 0 aromatic rings. The molecule has 0 aromatic carbocycles. The van der Waals surface area contributed by atoms with Crippen molar-refractivity contribution in [3.05, 3.63) is 0 Å². The minimum Gasteiger partial charge on any atom is -0.348 e. The van der Waals surface area contributed by atoms with Gasteiger partial charge < -0.3 is 23.7 Å². The van der Waals surface area contributed by atoms with Crippen molar-refractivity contribution in [3.8, 4) is 0 Å². The first-order valence-corrected chi connectivity index (χ1v) is 6.18.